The van der Waals surface area contributed by atoms with Crippen LogP contribution < -0.4 is 0 Å². The van der Waals surface area contributed by atoms with Crippen molar-refractivity contribution >= 4 is 12.0 Å². The Balaban J connectivity index is 3.31. The summed E-state index contributed by atoms with van der Waals surface area (Å²) >= 11 is 0. The van der Waals surface area contributed by atoms with E-state index in [2.05, 4.69) is 4.99 Å². The van der Waals surface area contributed by atoms with Crippen molar-refractivity contribution in [3.05, 3.63) is 12.2 Å². The van der Waals surface area contributed by atoms with E-state index in [-0.39, 0.29) is 12.6 Å². The van der Waals surface area contributed by atoms with E-state index in [9.17, 15) is 9.59 Å². The maximum Gasteiger partial charge on any atom is 0.330 e. The summed E-state index contributed by atoms with van der Waals surface area (Å²) in [5.41, 5.74) is 0. The Morgan fingerprint density at radius 3 is 3.00 bits per heavy atom. The maximum atomic E-state index is 10.7. The van der Waals surface area contributed by atoms with Crippen LogP contribution in [0.15, 0.2) is 17.1 Å². The Hall–Kier alpha value is -1.41. The highest BCUT2D eigenvalue weighted by Crippen LogP contribution is 1.86. The summed E-state index contributed by atoms with van der Waals surface area (Å²) in [5.74, 6) is -0.368. The number of carbonyl (C=O) groups excluding carboxylic acids is 2. The first kappa shape index (κ1) is 10.6. The van der Waals surface area contributed by atoms with E-state index in [1.165, 1.54) is 12.2 Å². The van der Waals surface area contributed by atoms with Crippen LogP contribution in [-0.2, 0) is 14.3 Å². The van der Waals surface area contributed by atoms with Gasteiger partial charge in [-0.3, -0.25) is 0 Å². The fraction of sp³-hybridized carbons (Fsp3) is 0.500. The lowest BCUT2D eigenvalue weighted by Gasteiger charge is -1.97. The van der Waals surface area contributed by atoms with Crippen LogP contribution in [0.4, 0.5) is 0 Å². The monoisotopic (exact) mass is 169 g/mol. The number of rotatable bonds is 5. The van der Waals surface area contributed by atoms with Crippen LogP contribution in [0.2, 0.25) is 0 Å². The topological polar surface area (TPSA) is 55.7 Å². The normalized spacial score (nSPS) is 9.42. The summed E-state index contributed by atoms with van der Waals surface area (Å²) in [5, 5.41) is 0. The predicted molar refractivity (Wildman–Crippen MR) is 43.4 cm³/mol. The van der Waals surface area contributed by atoms with Gasteiger partial charge >= 0.3 is 5.97 Å². The molecule has 0 aliphatic rings. The van der Waals surface area contributed by atoms with Crippen LogP contribution in [0.5, 0.6) is 0 Å². The Kier molecular flexibility index (Phi) is 6.79. The minimum absolute atomic E-state index is 0.286. The standard InChI is InChI=1S/C8H11NO3/c1-2-4-8(11)12-6-3-5-9-7-10/h2,4H,3,5-6H2,1H3. The molecule has 0 heterocycles. The molecule has 12 heavy (non-hydrogen) atoms. The molecule has 4 nitrogen and oxygen atoms in total. The quantitative estimate of drug-likeness (QED) is 0.201. The summed E-state index contributed by atoms with van der Waals surface area (Å²) < 4.78 is 4.71. The minimum atomic E-state index is -0.368. The van der Waals surface area contributed by atoms with Gasteiger partial charge in [0.1, 0.15) is 0 Å². The molecule has 0 saturated carbocycles. The first-order valence-electron chi connectivity index (χ1n) is 3.64. The van der Waals surface area contributed by atoms with Crippen LogP contribution in [0.25, 0.3) is 0 Å². The largest absolute Gasteiger partial charge is 0.462 e. The molecule has 0 bridgehead atoms. The van der Waals surface area contributed by atoms with E-state index in [1.54, 1.807) is 13.0 Å². The third-order valence-electron chi connectivity index (χ3n) is 1.03. The molecule has 0 aliphatic carbocycles. The Morgan fingerprint density at radius 2 is 2.42 bits per heavy atom. The van der Waals surface area contributed by atoms with Crippen LogP contribution in [0.3, 0.4) is 0 Å². The number of hydrogen-bond donors (Lipinski definition) is 0. The molecule has 0 radical (unpaired) electrons. The molecule has 0 aromatic carbocycles. The summed E-state index contributed by atoms with van der Waals surface area (Å²) in [4.78, 5) is 23.6. The second-order valence-electron chi connectivity index (χ2n) is 1.99. The van der Waals surface area contributed by atoms with Gasteiger partial charge in [-0.25, -0.2) is 14.6 Å². The zero-order valence-corrected chi connectivity index (χ0v) is 6.95. The second kappa shape index (κ2) is 7.69. The fourth-order valence-corrected chi connectivity index (χ4v) is 0.546. The minimum Gasteiger partial charge on any atom is -0.462 e. The lowest BCUT2D eigenvalue weighted by Crippen LogP contribution is -2.02. The summed E-state index contributed by atoms with van der Waals surface area (Å²) in [6.45, 7) is 2.37. The molecule has 0 aromatic rings. The third-order valence-corrected chi connectivity index (χ3v) is 1.03. The molecule has 0 aliphatic heterocycles. The number of nitrogens with zero attached hydrogens (tertiary/aromatic N) is 1. The molecule has 0 rings (SSSR count). The average Bonchev–Trinajstić information content (AvgIpc) is 2.05. The van der Waals surface area contributed by atoms with Crippen molar-refractivity contribution < 1.29 is 14.3 Å². The van der Waals surface area contributed by atoms with Crippen molar-refractivity contribution in [3.8, 4) is 0 Å². The van der Waals surface area contributed by atoms with Crippen molar-refractivity contribution in [2.75, 3.05) is 13.2 Å². The molecule has 0 fully saturated rings. The average molecular weight is 169 g/mol. The van der Waals surface area contributed by atoms with Gasteiger partial charge in [-0.15, -0.1) is 0 Å². The number of ether oxygens (including phenoxy) is 1. The van der Waals surface area contributed by atoms with Gasteiger partial charge in [-0.05, 0) is 6.92 Å². The van der Waals surface area contributed by atoms with Gasteiger partial charge in [-0.2, -0.15) is 0 Å². The maximum absolute atomic E-state index is 10.7. The summed E-state index contributed by atoms with van der Waals surface area (Å²) in [6.07, 6.45) is 4.89. The lowest BCUT2D eigenvalue weighted by molar-refractivity contribution is -0.137. The Morgan fingerprint density at radius 1 is 1.67 bits per heavy atom. The summed E-state index contributed by atoms with van der Waals surface area (Å²) in [6, 6.07) is 0. The molecule has 0 saturated heterocycles. The highest BCUT2D eigenvalue weighted by molar-refractivity contribution is 5.81. The lowest BCUT2D eigenvalue weighted by atomic mass is 10.4. The van der Waals surface area contributed by atoms with Gasteiger partial charge in [0.2, 0.25) is 6.08 Å². The van der Waals surface area contributed by atoms with Crippen LogP contribution in [-0.4, -0.2) is 25.2 Å². The molecule has 4 heteroatoms. The van der Waals surface area contributed by atoms with Gasteiger partial charge in [0.05, 0.1) is 13.2 Å². The van der Waals surface area contributed by atoms with Crippen LogP contribution in [0, 0.1) is 0 Å². The van der Waals surface area contributed by atoms with Crippen molar-refractivity contribution in [2.24, 2.45) is 4.99 Å². The number of esters is 1. The number of carbonyl (C=O) groups is 1. The van der Waals surface area contributed by atoms with Gasteiger partial charge in [-0.1, -0.05) is 6.08 Å². The van der Waals surface area contributed by atoms with Gasteiger partial charge in [0.15, 0.2) is 0 Å². The van der Waals surface area contributed by atoms with Gasteiger partial charge in [0.25, 0.3) is 0 Å². The molecule has 0 N–H and O–H groups in total. The van der Waals surface area contributed by atoms with E-state index in [1.807, 2.05) is 0 Å². The van der Waals surface area contributed by atoms with Crippen molar-refractivity contribution in [1.29, 1.82) is 0 Å². The Bertz CT molecular complexity index is 204. The molecular formula is C8H11NO3. The number of isocyanates is 1. The van der Waals surface area contributed by atoms with E-state index in [0.29, 0.717) is 13.0 Å². The number of hydrogen-bond acceptors (Lipinski definition) is 4. The van der Waals surface area contributed by atoms with Crippen LogP contribution >= 0.6 is 0 Å². The molecular weight excluding hydrogens is 158 g/mol. The second-order valence-corrected chi connectivity index (χ2v) is 1.99. The smallest absolute Gasteiger partial charge is 0.330 e. The van der Waals surface area contributed by atoms with Gasteiger partial charge < -0.3 is 4.74 Å². The molecule has 0 atom stereocenters. The number of aliphatic imine (C=N–C) groups is 1. The molecule has 0 unspecified atom stereocenters. The highest BCUT2D eigenvalue weighted by atomic mass is 16.5. The zero-order valence-electron chi connectivity index (χ0n) is 6.95. The molecule has 0 spiro atoms. The molecule has 0 amide bonds. The van der Waals surface area contributed by atoms with Gasteiger partial charge in [0, 0.05) is 12.5 Å². The zero-order chi connectivity index (χ0) is 9.23. The summed E-state index contributed by atoms with van der Waals surface area (Å²) in [7, 11) is 0. The van der Waals surface area contributed by atoms with E-state index >= 15 is 0 Å². The predicted octanol–water partition coefficient (Wildman–Crippen LogP) is 0.832. The first-order valence-corrected chi connectivity index (χ1v) is 3.64. The third kappa shape index (κ3) is 6.71. The van der Waals surface area contributed by atoms with Crippen molar-refractivity contribution in [3.63, 3.8) is 0 Å². The SMILES string of the molecule is CC=CC(=O)OCCCN=C=O. The fourth-order valence-electron chi connectivity index (χ4n) is 0.546. The highest BCUT2D eigenvalue weighted by Gasteiger charge is 1.93. The molecule has 0 aromatic heterocycles. The van der Waals surface area contributed by atoms with E-state index in [0.717, 1.165) is 0 Å². The van der Waals surface area contributed by atoms with E-state index in [4.69, 9.17) is 4.74 Å². The number of allylic oxidation sites excluding steroid dienone is 1. The van der Waals surface area contributed by atoms with E-state index < -0.39 is 0 Å². The first-order chi connectivity index (χ1) is 5.81. The Labute approximate surface area is 70.9 Å². The molecule has 66 valence electrons. The van der Waals surface area contributed by atoms with Crippen LogP contribution in [0.1, 0.15) is 13.3 Å². The van der Waals surface area contributed by atoms with Crippen molar-refractivity contribution in [2.45, 2.75) is 13.3 Å². The van der Waals surface area contributed by atoms with Crippen molar-refractivity contribution in [1.82, 2.24) is 0 Å².